The van der Waals surface area contributed by atoms with Gasteiger partial charge in [0.1, 0.15) is 20.9 Å². The summed E-state index contributed by atoms with van der Waals surface area (Å²) < 4.78 is 6.72. The lowest BCUT2D eigenvalue weighted by Crippen LogP contribution is -2.44. The van der Waals surface area contributed by atoms with Crippen molar-refractivity contribution in [1.82, 2.24) is 25.7 Å². The minimum absolute atomic E-state index is 0.781. The molecule has 9 heteroatoms. The zero-order valence-electron chi connectivity index (χ0n) is 16.5. The van der Waals surface area contributed by atoms with Crippen molar-refractivity contribution in [1.29, 1.82) is 0 Å². The van der Waals surface area contributed by atoms with E-state index in [1.165, 1.54) is 35.2 Å². The van der Waals surface area contributed by atoms with Gasteiger partial charge in [0.05, 0.1) is 13.2 Å². The van der Waals surface area contributed by atoms with Crippen molar-refractivity contribution in [3.05, 3.63) is 11.1 Å². The van der Waals surface area contributed by atoms with Gasteiger partial charge in [0, 0.05) is 44.7 Å². The van der Waals surface area contributed by atoms with Crippen molar-refractivity contribution >= 4 is 43.4 Å². The zero-order chi connectivity index (χ0) is 19.2. The van der Waals surface area contributed by atoms with E-state index in [2.05, 4.69) is 30.5 Å². The summed E-state index contributed by atoms with van der Waals surface area (Å²) >= 11 is 1.74. The molecule has 152 valence electrons. The van der Waals surface area contributed by atoms with Gasteiger partial charge in [0.25, 0.3) is 0 Å². The number of rotatable bonds is 2. The number of aromatic nitrogens is 4. The lowest BCUT2D eigenvalue weighted by Gasteiger charge is -2.31. The third-order valence-corrected chi connectivity index (χ3v) is 7.39. The first-order valence-electron chi connectivity index (χ1n) is 10.7. The smallest absolute Gasteiger partial charge is 0.172 e. The Balaban J connectivity index is 1.57. The van der Waals surface area contributed by atoms with Gasteiger partial charge in [0.15, 0.2) is 5.82 Å². The Labute approximate surface area is 173 Å². The Hall–Kier alpha value is -2.10. The van der Waals surface area contributed by atoms with Crippen LogP contribution in [0.3, 0.4) is 0 Å². The fourth-order valence-electron chi connectivity index (χ4n) is 4.88. The van der Waals surface area contributed by atoms with Gasteiger partial charge in [-0.3, -0.25) is 0 Å². The first-order chi connectivity index (χ1) is 14.4. The van der Waals surface area contributed by atoms with Crippen LogP contribution in [-0.4, -0.2) is 72.9 Å². The predicted octanol–water partition coefficient (Wildman–Crippen LogP) is 1.76. The fraction of sp³-hybridized carbons (Fsp3) is 0.600. The Bertz CT molecular complexity index is 1060. The molecule has 2 saturated heterocycles. The first-order valence-corrected chi connectivity index (χ1v) is 11.5. The number of hydrogen-bond acceptors (Lipinski definition) is 9. The molecule has 8 nitrogen and oxygen atoms in total. The summed E-state index contributed by atoms with van der Waals surface area (Å²) in [4.78, 5) is 11.0. The van der Waals surface area contributed by atoms with Gasteiger partial charge in [-0.25, -0.2) is 4.98 Å². The average molecular weight is 412 g/mol. The van der Waals surface area contributed by atoms with E-state index in [0.29, 0.717) is 0 Å². The second kappa shape index (κ2) is 7.30. The molecule has 5 heterocycles. The van der Waals surface area contributed by atoms with Crippen LogP contribution in [0, 0.1) is 0 Å². The van der Waals surface area contributed by atoms with Crippen LogP contribution in [0.5, 0.6) is 0 Å². The molecule has 1 aliphatic carbocycles. The molecule has 0 bridgehead atoms. The number of morpholine rings is 1. The highest BCUT2D eigenvalue weighted by molar-refractivity contribution is 7.26. The number of nitrogens with zero attached hydrogens (tertiary/aromatic N) is 6. The van der Waals surface area contributed by atoms with Crippen molar-refractivity contribution in [3.63, 3.8) is 0 Å². The molecule has 0 atom stereocenters. The molecule has 0 saturated carbocycles. The molecule has 1 N–H and O–H groups in total. The lowest BCUT2D eigenvalue weighted by atomic mass is 9.90. The molecule has 0 amide bonds. The highest BCUT2D eigenvalue weighted by Gasteiger charge is 2.27. The maximum atomic E-state index is 5.58. The summed E-state index contributed by atoms with van der Waals surface area (Å²) in [6.45, 7) is 7.26. The van der Waals surface area contributed by atoms with Crippen molar-refractivity contribution < 1.29 is 4.74 Å². The highest BCUT2D eigenvalue weighted by Crippen LogP contribution is 2.43. The first kappa shape index (κ1) is 17.7. The molecule has 0 radical (unpaired) electrons. The van der Waals surface area contributed by atoms with Crippen LogP contribution in [-0.2, 0) is 17.6 Å². The molecule has 0 spiro atoms. The number of piperazine rings is 1. The van der Waals surface area contributed by atoms with Gasteiger partial charge < -0.3 is 19.9 Å². The molecule has 3 aromatic rings. The second-order valence-corrected chi connectivity index (χ2v) is 9.01. The standard InChI is InChI=1S/C20H25N7OS/c1-2-4-14-13(3-1)15-16-17(19(24-25-23-16)26-7-5-21-6-8-26)29-20(15)22-18(14)27-9-11-28-12-10-27/h21H,1-12H2. The Kier molecular flexibility index (Phi) is 4.46. The van der Waals surface area contributed by atoms with E-state index in [9.17, 15) is 0 Å². The molecule has 0 aromatic carbocycles. The second-order valence-electron chi connectivity index (χ2n) is 8.01. The molecule has 2 aliphatic heterocycles. The summed E-state index contributed by atoms with van der Waals surface area (Å²) in [6.07, 6.45) is 4.67. The molecule has 0 unspecified atom stereocenters. The monoisotopic (exact) mass is 411 g/mol. The third kappa shape index (κ3) is 2.94. The van der Waals surface area contributed by atoms with Crippen molar-refractivity contribution in [2.24, 2.45) is 0 Å². The molecule has 3 aliphatic rings. The van der Waals surface area contributed by atoms with Crippen LogP contribution in [0.2, 0.25) is 0 Å². The van der Waals surface area contributed by atoms with Crippen LogP contribution >= 0.6 is 11.3 Å². The average Bonchev–Trinajstić information content (AvgIpc) is 3.18. The van der Waals surface area contributed by atoms with E-state index >= 15 is 0 Å². The Morgan fingerprint density at radius 1 is 0.862 bits per heavy atom. The van der Waals surface area contributed by atoms with Crippen LogP contribution in [0.1, 0.15) is 24.0 Å². The number of pyridine rings is 1. The number of hydrogen-bond donors (Lipinski definition) is 1. The number of thiophene rings is 1. The normalized spacial score (nSPS) is 20.4. The fourth-order valence-corrected chi connectivity index (χ4v) is 6.02. The lowest BCUT2D eigenvalue weighted by molar-refractivity contribution is 0.122. The predicted molar refractivity (Wildman–Crippen MR) is 115 cm³/mol. The molecule has 2 fully saturated rings. The molecular formula is C20H25N7OS. The Morgan fingerprint density at radius 2 is 1.62 bits per heavy atom. The SMILES string of the molecule is C1CCc2c(c(N3CCOCC3)nc3sc4c(N5CCNCC5)nnnc4c23)C1. The van der Waals surface area contributed by atoms with Crippen molar-refractivity contribution in [2.75, 3.05) is 62.3 Å². The summed E-state index contributed by atoms with van der Waals surface area (Å²) in [5.74, 6) is 2.14. The van der Waals surface area contributed by atoms with E-state index in [0.717, 1.165) is 86.2 Å². The molecule has 3 aromatic heterocycles. The molecular weight excluding hydrogens is 386 g/mol. The molecule has 6 rings (SSSR count). The quantitative estimate of drug-likeness (QED) is 0.683. The van der Waals surface area contributed by atoms with Gasteiger partial charge in [0.2, 0.25) is 0 Å². The molecule has 29 heavy (non-hydrogen) atoms. The highest BCUT2D eigenvalue weighted by atomic mass is 32.1. The summed E-state index contributed by atoms with van der Waals surface area (Å²) in [5, 5.41) is 17.8. The van der Waals surface area contributed by atoms with E-state index in [-0.39, 0.29) is 0 Å². The van der Waals surface area contributed by atoms with Crippen LogP contribution in [0.25, 0.3) is 20.4 Å². The van der Waals surface area contributed by atoms with Crippen molar-refractivity contribution in [3.8, 4) is 0 Å². The largest absolute Gasteiger partial charge is 0.378 e. The summed E-state index contributed by atoms with van der Waals surface area (Å²) in [7, 11) is 0. The van der Waals surface area contributed by atoms with E-state index in [1.807, 2.05) is 0 Å². The minimum Gasteiger partial charge on any atom is -0.378 e. The topological polar surface area (TPSA) is 79.3 Å². The number of ether oxygens (including phenoxy) is 1. The van der Waals surface area contributed by atoms with E-state index in [1.54, 1.807) is 11.3 Å². The summed E-state index contributed by atoms with van der Waals surface area (Å²) in [6, 6.07) is 0. The van der Waals surface area contributed by atoms with Crippen molar-refractivity contribution in [2.45, 2.75) is 25.7 Å². The number of nitrogens with one attached hydrogen (secondary N) is 1. The van der Waals surface area contributed by atoms with Crippen LogP contribution in [0.15, 0.2) is 0 Å². The number of anilines is 2. The third-order valence-electron chi connectivity index (χ3n) is 6.33. The number of fused-ring (bicyclic) bond motifs is 5. The minimum atomic E-state index is 0.781. The zero-order valence-corrected chi connectivity index (χ0v) is 17.3. The van der Waals surface area contributed by atoms with Gasteiger partial charge in [-0.05, 0) is 42.0 Å². The van der Waals surface area contributed by atoms with Gasteiger partial charge in [-0.2, -0.15) is 0 Å². The van der Waals surface area contributed by atoms with Crippen LogP contribution in [0.4, 0.5) is 11.6 Å². The van der Waals surface area contributed by atoms with Gasteiger partial charge in [-0.15, -0.1) is 21.5 Å². The van der Waals surface area contributed by atoms with E-state index in [4.69, 9.17) is 9.72 Å². The van der Waals surface area contributed by atoms with Gasteiger partial charge >= 0.3 is 0 Å². The maximum Gasteiger partial charge on any atom is 0.172 e. The van der Waals surface area contributed by atoms with Gasteiger partial charge in [-0.1, -0.05) is 0 Å². The summed E-state index contributed by atoms with van der Waals surface area (Å²) in [5.41, 5.74) is 3.86. The Morgan fingerprint density at radius 3 is 2.45 bits per heavy atom. The van der Waals surface area contributed by atoms with Crippen LogP contribution < -0.4 is 15.1 Å². The maximum absolute atomic E-state index is 5.58. The number of aryl methyl sites for hydroxylation is 1. The van der Waals surface area contributed by atoms with E-state index < -0.39 is 0 Å².